The maximum atomic E-state index is 13.6. The summed E-state index contributed by atoms with van der Waals surface area (Å²) in [6, 6.07) is 4.73. The van der Waals surface area contributed by atoms with Crippen molar-refractivity contribution in [3.8, 4) is 5.75 Å². The van der Waals surface area contributed by atoms with Crippen LogP contribution in [0, 0.1) is 5.82 Å². The number of aliphatic hydroxyl groups excluding tert-OH is 1. The predicted molar refractivity (Wildman–Crippen MR) is 60.8 cm³/mol. The zero-order chi connectivity index (χ0) is 11.5. The van der Waals surface area contributed by atoms with Crippen LogP contribution < -0.4 is 4.74 Å². The fourth-order valence-electron chi connectivity index (χ4n) is 1.94. The molecule has 1 aliphatic rings. The van der Waals surface area contributed by atoms with E-state index in [1.165, 1.54) is 6.07 Å². The first kappa shape index (κ1) is 11.1. The molecule has 1 atom stereocenters. The molecule has 0 saturated carbocycles. The largest absolute Gasteiger partial charge is 0.497 e. The van der Waals surface area contributed by atoms with Crippen molar-refractivity contribution in [1.82, 2.24) is 0 Å². The molecule has 0 amide bonds. The Balaban J connectivity index is 2.32. The zero-order valence-corrected chi connectivity index (χ0v) is 9.24. The summed E-state index contributed by atoms with van der Waals surface area (Å²) in [4.78, 5) is 0. The van der Waals surface area contributed by atoms with Gasteiger partial charge in [-0.3, -0.25) is 0 Å². The van der Waals surface area contributed by atoms with Gasteiger partial charge in [-0.05, 0) is 43.0 Å². The maximum absolute atomic E-state index is 13.6. The molecule has 1 unspecified atom stereocenters. The number of benzene rings is 1. The first-order valence-corrected chi connectivity index (χ1v) is 5.41. The molecule has 1 aromatic rings. The molecule has 1 aromatic carbocycles. The number of halogens is 1. The van der Waals surface area contributed by atoms with Crippen LogP contribution in [0.3, 0.4) is 0 Å². The van der Waals surface area contributed by atoms with Crippen LogP contribution in [0.1, 0.15) is 24.8 Å². The lowest BCUT2D eigenvalue weighted by molar-refractivity contribution is 0.166. The highest BCUT2D eigenvalue weighted by Crippen LogP contribution is 2.30. The van der Waals surface area contributed by atoms with E-state index in [0.29, 0.717) is 30.6 Å². The monoisotopic (exact) mass is 222 g/mol. The normalized spacial score (nSPS) is 20.4. The minimum Gasteiger partial charge on any atom is -0.497 e. The molecule has 0 heterocycles. The summed E-state index contributed by atoms with van der Waals surface area (Å²) in [5, 5.41) is 9.38. The SMILES string of the molecule is COc1ccc(F)c(C2=CCC(O)CC2)c1. The molecule has 2 nitrogen and oxygen atoms in total. The average Bonchev–Trinajstić information content (AvgIpc) is 2.31. The molecule has 16 heavy (non-hydrogen) atoms. The van der Waals surface area contributed by atoms with Crippen LogP contribution in [0.4, 0.5) is 4.39 Å². The Morgan fingerprint density at radius 3 is 2.88 bits per heavy atom. The quantitative estimate of drug-likeness (QED) is 0.833. The van der Waals surface area contributed by atoms with Gasteiger partial charge >= 0.3 is 0 Å². The summed E-state index contributed by atoms with van der Waals surface area (Å²) in [7, 11) is 1.57. The van der Waals surface area contributed by atoms with Gasteiger partial charge < -0.3 is 9.84 Å². The van der Waals surface area contributed by atoms with Crippen molar-refractivity contribution in [2.45, 2.75) is 25.4 Å². The summed E-state index contributed by atoms with van der Waals surface area (Å²) < 4.78 is 18.7. The molecule has 0 fully saturated rings. The first-order chi connectivity index (χ1) is 7.70. The molecule has 0 saturated heterocycles. The molecular formula is C13H15FO2. The van der Waals surface area contributed by atoms with E-state index in [-0.39, 0.29) is 11.9 Å². The molecular weight excluding hydrogens is 207 g/mol. The number of ether oxygens (including phenoxy) is 1. The van der Waals surface area contributed by atoms with E-state index < -0.39 is 0 Å². The number of allylic oxidation sites excluding steroid dienone is 1. The maximum Gasteiger partial charge on any atom is 0.130 e. The van der Waals surface area contributed by atoms with E-state index in [0.717, 1.165) is 5.57 Å². The molecule has 3 heteroatoms. The van der Waals surface area contributed by atoms with E-state index in [1.54, 1.807) is 19.2 Å². The number of methoxy groups -OCH3 is 1. The summed E-state index contributed by atoms with van der Waals surface area (Å²) >= 11 is 0. The van der Waals surface area contributed by atoms with E-state index in [1.807, 2.05) is 6.08 Å². The lowest BCUT2D eigenvalue weighted by atomic mass is 9.92. The van der Waals surface area contributed by atoms with E-state index in [9.17, 15) is 9.50 Å². The van der Waals surface area contributed by atoms with Gasteiger partial charge in [-0.1, -0.05) is 6.08 Å². The van der Waals surface area contributed by atoms with Gasteiger partial charge in [0.25, 0.3) is 0 Å². The molecule has 0 bridgehead atoms. The summed E-state index contributed by atoms with van der Waals surface area (Å²) in [6.45, 7) is 0. The van der Waals surface area contributed by atoms with Crippen LogP contribution in [-0.4, -0.2) is 18.3 Å². The number of hydrogen-bond donors (Lipinski definition) is 1. The highest BCUT2D eigenvalue weighted by atomic mass is 19.1. The molecule has 1 N–H and O–H groups in total. The molecule has 0 spiro atoms. The van der Waals surface area contributed by atoms with E-state index in [2.05, 4.69) is 0 Å². The Labute approximate surface area is 94.4 Å². The van der Waals surface area contributed by atoms with Gasteiger partial charge in [-0.25, -0.2) is 4.39 Å². The Morgan fingerprint density at radius 2 is 2.25 bits per heavy atom. The van der Waals surface area contributed by atoms with Crippen molar-refractivity contribution in [3.63, 3.8) is 0 Å². The second-order valence-electron chi connectivity index (χ2n) is 4.00. The molecule has 0 aliphatic heterocycles. The Morgan fingerprint density at radius 1 is 1.44 bits per heavy atom. The lowest BCUT2D eigenvalue weighted by Gasteiger charge is -2.18. The van der Waals surface area contributed by atoms with Crippen LogP contribution >= 0.6 is 0 Å². The smallest absolute Gasteiger partial charge is 0.130 e. The molecule has 2 rings (SSSR count). The Kier molecular flexibility index (Phi) is 3.25. The Bertz CT molecular complexity index is 412. The standard InChI is InChI=1S/C13H15FO2/c1-16-11-6-7-13(14)12(8-11)9-2-4-10(15)5-3-9/h2,6-8,10,15H,3-5H2,1H3. The summed E-state index contributed by atoms with van der Waals surface area (Å²) in [5.74, 6) is 0.423. The fraction of sp³-hybridized carbons (Fsp3) is 0.385. The molecule has 86 valence electrons. The van der Waals surface area contributed by atoms with E-state index >= 15 is 0 Å². The van der Waals surface area contributed by atoms with Crippen molar-refractivity contribution >= 4 is 5.57 Å². The van der Waals surface area contributed by atoms with Crippen molar-refractivity contribution in [3.05, 3.63) is 35.7 Å². The van der Waals surface area contributed by atoms with Crippen LogP contribution in [0.15, 0.2) is 24.3 Å². The van der Waals surface area contributed by atoms with Gasteiger partial charge in [-0.2, -0.15) is 0 Å². The highest BCUT2D eigenvalue weighted by molar-refractivity contribution is 5.68. The third kappa shape index (κ3) is 2.25. The predicted octanol–water partition coefficient (Wildman–Crippen LogP) is 2.76. The van der Waals surface area contributed by atoms with Gasteiger partial charge in [0, 0.05) is 5.56 Å². The van der Waals surface area contributed by atoms with Crippen molar-refractivity contribution < 1.29 is 14.2 Å². The fourth-order valence-corrected chi connectivity index (χ4v) is 1.94. The molecule has 1 aliphatic carbocycles. The van der Waals surface area contributed by atoms with Gasteiger partial charge in [0.15, 0.2) is 0 Å². The van der Waals surface area contributed by atoms with Gasteiger partial charge in [0.2, 0.25) is 0 Å². The number of aliphatic hydroxyl groups is 1. The minimum atomic E-state index is -0.280. The van der Waals surface area contributed by atoms with Crippen LogP contribution in [0.2, 0.25) is 0 Å². The highest BCUT2D eigenvalue weighted by Gasteiger charge is 2.15. The first-order valence-electron chi connectivity index (χ1n) is 5.41. The van der Waals surface area contributed by atoms with Gasteiger partial charge in [0.1, 0.15) is 11.6 Å². The third-order valence-corrected chi connectivity index (χ3v) is 2.90. The second kappa shape index (κ2) is 4.66. The van der Waals surface area contributed by atoms with Gasteiger partial charge in [0.05, 0.1) is 13.2 Å². The van der Waals surface area contributed by atoms with Crippen LogP contribution in [0.25, 0.3) is 5.57 Å². The average molecular weight is 222 g/mol. The lowest BCUT2D eigenvalue weighted by Crippen LogP contribution is -2.10. The number of rotatable bonds is 2. The molecule has 0 radical (unpaired) electrons. The topological polar surface area (TPSA) is 29.5 Å². The minimum absolute atomic E-state index is 0.233. The summed E-state index contributed by atoms with van der Waals surface area (Å²) in [6.07, 6.45) is 3.64. The van der Waals surface area contributed by atoms with Crippen LogP contribution in [0.5, 0.6) is 5.75 Å². The van der Waals surface area contributed by atoms with Crippen molar-refractivity contribution in [2.75, 3.05) is 7.11 Å². The second-order valence-corrected chi connectivity index (χ2v) is 4.00. The summed E-state index contributed by atoms with van der Waals surface area (Å²) in [5.41, 5.74) is 1.55. The van der Waals surface area contributed by atoms with Gasteiger partial charge in [-0.15, -0.1) is 0 Å². The van der Waals surface area contributed by atoms with Crippen molar-refractivity contribution in [1.29, 1.82) is 0 Å². The molecule has 0 aromatic heterocycles. The van der Waals surface area contributed by atoms with Crippen LogP contribution in [-0.2, 0) is 0 Å². The van der Waals surface area contributed by atoms with E-state index in [4.69, 9.17) is 4.74 Å². The zero-order valence-electron chi connectivity index (χ0n) is 9.24. The number of hydrogen-bond acceptors (Lipinski definition) is 2. The third-order valence-electron chi connectivity index (χ3n) is 2.90. The van der Waals surface area contributed by atoms with Crippen molar-refractivity contribution in [2.24, 2.45) is 0 Å². The Hall–Kier alpha value is -1.35.